The van der Waals surface area contributed by atoms with Crippen LogP contribution in [0.3, 0.4) is 0 Å². The molecular weight excluding hydrogens is 420 g/mol. The van der Waals surface area contributed by atoms with Crippen LogP contribution in [0.4, 0.5) is 11.6 Å². The molecule has 1 aliphatic heterocycles. The molecule has 2 aromatic heterocycles. The van der Waals surface area contributed by atoms with Crippen LogP contribution in [0.5, 0.6) is 0 Å². The fraction of sp³-hybridized carbons (Fsp3) is 0.480. The molecule has 0 bridgehead atoms. The van der Waals surface area contributed by atoms with Gasteiger partial charge >= 0.3 is 0 Å². The van der Waals surface area contributed by atoms with E-state index in [1.807, 2.05) is 30.5 Å². The van der Waals surface area contributed by atoms with Gasteiger partial charge in [-0.15, -0.1) is 0 Å². The number of piperazine rings is 1. The molecule has 1 saturated heterocycles. The van der Waals surface area contributed by atoms with Crippen molar-refractivity contribution in [1.29, 1.82) is 0 Å². The maximum atomic E-state index is 6.08. The first-order valence-electron chi connectivity index (χ1n) is 11.7. The Balaban J connectivity index is 1.24. The number of likely N-dealkylation sites (N-methyl/N-ethyl adjacent to an activating group) is 1. The predicted molar refractivity (Wildman–Crippen MR) is 134 cm³/mol. The van der Waals surface area contributed by atoms with Crippen LogP contribution in [-0.4, -0.2) is 59.1 Å². The van der Waals surface area contributed by atoms with E-state index in [1.165, 1.54) is 0 Å². The van der Waals surface area contributed by atoms with Crippen molar-refractivity contribution in [3.63, 3.8) is 0 Å². The monoisotopic (exact) mass is 452 g/mol. The lowest BCUT2D eigenvalue weighted by Crippen LogP contribution is -2.46. The van der Waals surface area contributed by atoms with Gasteiger partial charge in [-0.25, -0.2) is 9.97 Å². The lowest BCUT2D eigenvalue weighted by atomic mass is 10.1. The zero-order valence-electron chi connectivity index (χ0n) is 19.1. The third-order valence-electron chi connectivity index (χ3n) is 6.13. The number of aromatic nitrogens is 3. The smallest absolute Gasteiger partial charge is 0.225 e. The lowest BCUT2D eigenvalue weighted by molar-refractivity contribution is 0.270. The SMILES string of the molecule is CCN1CCN(c2nc(C)cc(CCCCCNc3ccnc4cc(Cl)ccc34)n2)CC1. The zero-order chi connectivity index (χ0) is 22.3. The van der Waals surface area contributed by atoms with Crippen molar-refractivity contribution >= 4 is 34.1 Å². The molecule has 1 aliphatic rings. The molecule has 1 N–H and O–H groups in total. The second kappa shape index (κ2) is 10.9. The fourth-order valence-electron chi connectivity index (χ4n) is 4.26. The van der Waals surface area contributed by atoms with Crippen LogP contribution in [0.15, 0.2) is 36.5 Å². The minimum absolute atomic E-state index is 0.716. The molecule has 1 fully saturated rings. The minimum atomic E-state index is 0.716. The van der Waals surface area contributed by atoms with Crippen LogP contribution in [0.2, 0.25) is 5.02 Å². The summed E-state index contributed by atoms with van der Waals surface area (Å²) in [6.07, 6.45) is 6.25. The molecule has 0 saturated carbocycles. The fourth-order valence-corrected chi connectivity index (χ4v) is 4.42. The van der Waals surface area contributed by atoms with Crippen LogP contribution >= 0.6 is 11.6 Å². The Bertz CT molecular complexity index is 1030. The first kappa shape index (κ1) is 22.7. The number of hydrogen-bond donors (Lipinski definition) is 1. The summed E-state index contributed by atoms with van der Waals surface area (Å²) in [6, 6.07) is 10.0. The van der Waals surface area contributed by atoms with E-state index in [0.717, 1.165) is 98.9 Å². The average molecular weight is 453 g/mol. The molecule has 0 amide bonds. The maximum absolute atomic E-state index is 6.08. The third-order valence-corrected chi connectivity index (χ3v) is 6.36. The molecule has 0 atom stereocenters. The van der Waals surface area contributed by atoms with Crippen molar-refractivity contribution in [1.82, 2.24) is 19.9 Å². The molecule has 0 unspecified atom stereocenters. The molecule has 0 radical (unpaired) electrons. The molecule has 6 nitrogen and oxygen atoms in total. The first-order chi connectivity index (χ1) is 15.6. The second-order valence-corrected chi connectivity index (χ2v) is 8.92. The molecule has 3 aromatic rings. The largest absolute Gasteiger partial charge is 0.384 e. The number of fused-ring (bicyclic) bond motifs is 1. The number of nitrogens with one attached hydrogen (secondary N) is 1. The van der Waals surface area contributed by atoms with Crippen LogP contribution < -0.4 is 10.2 Å². The Kier molecular flexibility index (Phi) is 7.76. The molecule has 32 heavy (non-hydrogen) atoms. The summed E-state index contributed by atoms with van der Waals surface area (Å²) in [5.74, 6) is 0.905. The van der Waals surface area contributed by atoms with Gasteiger partial charge in [0.05, 0.1) is 5.52 Å². The molecule has 4 rings (SSSR count). The third kappa shape index (κ3) is 5.87. The van der Waals surface area contributed by atoms with E-state index >= 15 is 0 Å². The van der Waals surface area contributed by atoms with Gasteiger partial charge in [-0.05, 0) is 63.1 Å². The second-order valence-electron chi connectivity index (χ2n) is 8.48. The average Bonchev–Trinajstić information content (AvgIpc) is 2.81. The molecule has 170 valence electrons. The molecule has 3 heterocycles. The standard InChI is InChI=1S/C25H33ClN6/c1-3-31-13-15-32(16-14-31)25-29-19(2)17-21(30-25)7-5-4-6-11-27-23-10-12-28-24-18-20(26)8-9-22(23)24/h8-10,12,17-18H,3-7,11,13-16H2,1-2H3,(H,27,28). The van der Waals surface area contributed by atoms with Crippen molar-refractivity contribution in [2.75, 3.05) is 49.5 Å². The van der Waals surface area contributed by atoms with Gasteiger partial charge in [-0.2, -0.15) is 0 Å². The highest BCUT2D eigenvalue weighted by atomic mass is 35.5. The van der Waals surface area contributed by atoms with Gasteiger partial charge in [0.1, 0.15) is 0 Å². The normalized spacial score (nSPS) is 14.8. The molecule has 0 aliphatic carbocycles. The highest BCUT2D eigenvalue weighted by Gasteiger charge is 2.18. The number of pyridine rings is 1. The Morgan fingerprint density at radius 2 is 1.84 bits per heavy atom. The van der Waals surface area contributed by atoms with Gasteiger partial charge < -0.3 is 15.1 Å². The van der Waals surface area contributed by atoms with Gasteiger partial charge in [0, 0.05) is 66.4 Å². The quantitative estimate of drug-likeness (QED) is 0.463. The summed E-state index contributed by atoms with van der Waals surface area (Å²) < 4.78 is 0. The highest BCUT2D eigenvalue weighted by Crippen LogP contribution is 2.24. The minimum Gasteiger partial charge on any atom is -0.384 e. The van der Waals surface area contributed by atoms with E-state index in [4.69, 9.17) is 21.6 Å². The molecule has 7 heteroatoms. The number of benzene rings is 1. The van der Waals surface area contributed by atoms with Gasteiger partial charge in [-0.1, -0.05) is 24.9 Å². The maximum Gasteiger partial charge on any atom is 0.225 e. The topological polar surface area (TPSA) is 57.2 Å². The Morgan fingerprint density at radius 3 is 2.66 bits per heavy atom. The van der Waals surface area contributed by atoms with Crippen molar-refractivity contribution in [2.24, 2.45) is 0 Å². The Hall–Kier alpha value is -2.44. The number of rotatable bonds is 9. The van der Waals surface area contributed by atoms with E-state index in [0.29, 0.717) is 5.02 Å². The van der Waals surface area contributed by atoms with E-state index in [1.54, 1.807) is 0 Å². The molecular formula is C25H33ClN6. The molecule has 0 spiro atoms. The van der Waals surface area contributed by atoms with Crippen LogP contribution in [0.1, 0.15) is 37.6 Å². The predicted octanol–water partition coefficient (Wildman–Crippen LogP) is 4.95. The van der Waals surface area contributed by atoms with Gasteiger partial charge in [-0.3, -0.25) is 4.98 Å². The van der Waals surface area contributed by atoms with E-state index in [2.05, 4.69) is 40.0 Å². The van der Waals surface area contributed by atoms with Crippen LogP contribution in [-0.2, 0) is 6.42 Å². The lowest BCUT2D eigenvalue weighted by Gasteiger charge is -2.34. The Labute approximate surface area is 196 Å². The number of hydrogen-bond acceptors (Lipinski definition) is 6. The summed E-state index contributed by atoms with van der Waals surface area (Å²) in [5.41, 5.74) is 4.27. The van der Waals surface area contributed by atoms with Crippen molar-refractivity contribution in [3.05, 3.63) is 52.9 Å². The van der Waals surface area contributed by atoms with Crippen molar-refractivity contribution < 1.29 is 0 Å². The van der Waals surface area contributed by atoms with Gasteiger partial charge in [0.15, 0.2) is 0 Å². The van der Waals surface area contributed by atoms with E-state index < -0.39 is 0 Å². The van der Waals surface area contributed by atoms with Crippen molar-refractivity contribution in [2.45, 2.75) is 39.5 Å². The van der Waals surface area contributed by atoms with Crippen LogP contribution in [0, 0.1) is 6.92 Å². The number of nitrogens with zero attached hydrogens (tertiary/aromatic N) is 5. The number of unbranched alkanes of at least 4 members (excludes halogenated alkanes) is 2. The van der Waals surface area contributed by atoms with E-state index in [-0.39, 0.29) is 0 Å². The van der Waals surface area contributed by atoms with Gasteiger partial charge in [0.2, 0.25) is 5.95 Å². The number of aryl methyl sites for hydroxylation is 2. The van der Waals surface area contributed by atoms with Crippen molar-refractivity contribution in [3.8, 4) is 0 Å². The summed E-state index contributed by atoms with van der Waals surface area (Å²) in [6.45, 7) is 10.6. The summed E-state index contributed by atoms with van der Waals surface area (Å²) in [4.78, 5) is 18.8. The first-order valence-corrected chi connectivity index (χ1v) is 12.1. The van der Waals surface area contributed by atoms with E-state index in [9.17, 15) is 0 Å². The van der Waals surface area contributed by atoms with Gasteiger partial charge in [0.25, 0.3) is 0 Å². The zero-order valence-corrected chi connectivity index (χ0v) is 19.9. The summed E-state index contributed by atoms with van der Waals surface area (Å²) in [5, 5.41) is 5.38. The highest BCUT2D eigenvalue weighted by molar-refractivity contribution is 6.31. The summed E-state index contributed by atoms with van der Waals surface area (Å²) >= 11 is 6.08. The number of anilines is 2. The number of halogens is 1. The molecule has 1 aromatic carbocycles. The summed E-state index contributed by atoms with van der Waals surface area (Å²) in [7, 11) is 0. The van der Waals surface area contributed by atoms with Crippen LogP contribution in [0.25, 0.3) is 10.9 Å². The Morgan fingerprint density at radius 1 is 1.00 bits per heavy atom.